The van der Waals surface area contributed by atoms with E-state index in [1.54, 1.807) is 12.1 Å². The Morgan fingerprint density at radius 1 is 1.53 bits per heavy atom. The molecule has 1 aromatic carbocycles. The number of nitrogens with zero attached hydrogens (tertiary/aromatic N) is 2. The van der Waals surface area contributed by atoms with Crippen molar-refractivity contribution in [2.24, 2.45) is 10.9 Å². The number of hydrogen-bond donors (Lipinski definition) is 2. The Morgan fingerprint density at radius 3 is 2.89 bits per heavy atom. The summed E-state index contributed by atoms with van der Waals surface area (Å²) in [6.45, 7) is 5.61. The number of ether oxygens (including phenoxy) is 1. The Morgan fingerprint density at radius 2 is 2.26 bits per heavy atom. The van der Waals surface area contributed by atoms with E-state index in [9.17, 15) is 0 Å². The first-order valence-corrected chi connectivity index (χ1v) is 6.56. The van der Waals surface area contributed by atoms with Gasteiger partial charge in [-0.1, -0.05) is 16.8 Å². The highest BCUT2D eigenvalue weighted by Gasteiger charge is 2.25. The first kappa shape index (κ1) is 14.0. The summed E-state index contributed by atoms with van der Waals surface area (Å²) < 4.78 is 5.60. The fraction of sp³-hybridized carbons (Fsp3) is 0.462. The fourth-order valence-corrected chi connectivity index (χ4v) is 2.48. The number of morpholine rings is 1. The molecule has 19 heavy (non-hydrogen) atoms. The second-order valence-electron chi connectivity index (χ2n) is 4.80. The maximum Gasteiger partial charge on any atom is 0.170 e. The Kier molecular flexibility index (Phi) is 4.17. The van der Waals surface area contributed by atoms with Crippen LogP contribution in [0, 0.1) is 0 Å². The van der Waals surface area contributed by atoms with E-state index in [2.05, 4.69) is 17.0 Å². The second-order valence-corrected chi connectivity index (χ2v) is 5.20. The van der Waals surface area contributed by atoms with E-state index in [4.69, 9.17) is 27.3 Å². The van der Waals surface area contributed by atoms with Crippen LogP contribution >= 0.6 is 11.6 Å². The molecular weight excluding hydrogens is 266 g/mol. The van der Waals surface area contributed by atoms with Crippen LogP contribution < -0.4 is 10.6 Å². The van der Waals surface area contributed by atoms with Gasteiger partial charge >= 0.3 is 0 Å². The third-order valence-electron chi connectivity index (χ3n) is 3.27. The molecule has 0 aromatic heterocycles. The molecule has 0 aliphatic carbocycles. The van der Waals surface area contributed by atoms with Gasteiger partial charge in [0.25, 0.3) is 0 Å². The number of nitrogens with two attached hydrogens (primary N) is 1. The van der Waals surface area contributed by atoms with Crippen LogP contribution in [0.3, 0.4) is 0 Å². The Hall–Kier alpha value is -1.46. The maximum absolute atomic E-state index is 8.67. The molecule has 2 unspecified atom stereocenters. The van der Waals surface area contributed by atoms with E-state index < -0.39 is 0 Å². The normalized spacial score (nSPS) is 24.6. The average molecular weight is 284 g/mol. The molecule has 1 aromatic rings. The van der Waals surface area contributed by atoms with Gasteiger partial charge in [-0.3, -0.25) is 0 Å². The van der Waals surface area contributed by atoms with E-state index in [-0.39, 0.29) is 18.0 Å². The van der Waals surface area contributed by atoms with E-state index in [0.29, 0.717) is 17.2 Å². The third kappa shape index (κ3) is 2.93. The maximum atomic E-state index is 8.67. The summed E-state index contributed by atoms with van der Waals surface area (Å²) in [5.41, 5.74) is 7.09. The molecule has 5 nitrogen and oxygen atoms in total. The van der Waals surface area contributed by atoms with E-state index >= 15 is 0 Å². The van der Waals surface area contributed by atoms with Crippen LogP contribution in [0.2, 0.25) is 5.02 Å². The van der Waals surface area contributed by atoms with Crippen molar-refractivity contribution in [2.45, 2.75) is 26.0 Å². The highest BCUT2D eigenvalue weighted by atomic mass is 35.5. The lowest BCUT2D eigenvalue weighted by Crippen LogP contribution is -2.47. The molecule has 0 radical (unpaired) electrons. The molecule has 1 heterocycles. The second kappa shape index (κ2) is 5.67. The van der Waals surface area contributed by atoms with Crippen molar-refractivity contribution in [3.63, 3.8) is 0 Å². The Labute approximate surface area is 117 Å². The van der Waals surface area contributed by atoms with Gasteiger partial charge in [-0.15, -0.1) is 0 Å². The monoisotopic (exact) mass is 283 g/mol. The molecule has 6 heteroatoms. The van der Waals surface area contributed by atoms with E-state index in [1.807, 2.05) is 13.0 Å². The largest absolute Gasteiger partial charge is 0.409 e. The van der Waals surface area contributed by atoms with Crippen LogP contribution in [-0.2, 0) is 4.74 Å². The third-order valence-corrected chi connectivity index (χ3v) is 3.57. The topological polar surface area (TPSA) is 71.1 Å². The highest BCUT2D eigenvalue weighted by molar-refractivity contribution is 6.33. The number of hydrogen-bond acceptors (Lipinski definition) is 4. The summed E-state index contributed by atoms with van der Waals surface area (Å²) in [4.78, 5) is 2.21. The zero-order valence-corrected chi connectivity index (χ0v) is 11.8. The fourth-order valence-electron chi connectivity index (χ4n) is 2.20. The molecule has 104 valence electrons. The van der Waals surface area contributed by atoms with Gasteiger partial charge in [-0.2, -0.15) is 0 Å². The average Bonchev–Trinajstić information content (AvgIpc) is 2.41. The zero-order valence-electron chi connectivity index (χ0n) is 11.0. The standard InChI is InChI=1S/C13H18ClN3O2/c1-8-7-19-9(2)6-17(8)12-4-3-10(5-11(12)14)13(15)16-18/h3-5,8-9,18H,6-7H2,1-2H3,(H2,15,16). The lowest BCUT2D eigenvalue weighted by molar-refractivity contribution is 0.0344. The molecule has 1 saturated heterocycles. The van der Waals surface area contributed by atoms with Crippen LogP contribution in [-0.4, -0.2) is 36.3 Å². The zero-order chi connectivity index (χ0) is 14.0. The first-order valence-electron chi connectivity index (χ1n) is 6.18. The van der Waals surface area contributed by atoms with Crippen molar-refractivity contribution < 1.29 is 9.94 Å². The van der Waals surface area contributed by atoms with Crippen LogP contribution in [0.15, 0.2) is 23.4 Å². The predicted molar refractivity (Wildman–Crippen MR) is 76.2 cm³/mol. The van der Waals surface area contributed by atoms with Gasteiger partial charge in [0, 0.05) is 18.2 Å². The first-order chi connectivity index (χ1) is 9.02. The summed E-state index contributed by atoms with van der Waals surface area (Å²) in [5, 5.41) is 12.2. The van der Waals surface area contributed by atoms with Gasteiger partial charge in [-0.05, 0) is 32.0 Å². The molecule has 2 rings (SSSR count). The molecule has 1 aliphatic rings. The molecule has 3 N–H and O–H groups in total. The van der Waals surface area contributed by atoms with Gasteiger partial charge in [0.1, 0.15) is 0 Å². The molecule has 1 fully saturated rings. The number of anilines is 1. The minimum absolute atomic E-state index is 0.0526. The number of halogens is 1. The van der Waals surface area contributed by atoms with Crippen molar-refractivity contribution in [1.29, 1.82) is 0 Å². The van der Waals surface area contributed by atoms with Crippen molar-refractivity contribution in [1.82, 2.24) is 0 Å². The van der Waals surface area contributed by atoms with E-state index in [0.717, 1.165) is 12.2 Å². The minimum Gasteiger partial charge on any atom is -0.409 e. The van der Waals surface area contributed by atoms with Gasteiger partial charge in [0.2, 0.25) is 0 Å². The smallest absolute Gasteiger partial charge is 0.170 e. The van der Waals surface area contributed by atoms with E-state index in [1.165, 1.54) is 0 Å². The van der Waals surface area contributed by atoms with Crippen molar-refractivity contribution in [3.8, 4) is 0 Å². The quantitative estimate of drug-likeness (QED) is 0.377. The van der Waals surface area contributed by atoms with Gasteiger partial charge in [0.05, 0.1) is 23.4 Å². The summed E-state index contributed by atoms with van der Waals surface area (Å²) in [5.74, 6) is 0.0526. The van der Waals surface area contributed by atoms with Crippen LogP contribution in [0.5, 0.6) is 0 Å². The van der Waals surface area contributed by atoms with Crippen molar-refractivity contribution >= 4 is 23.1 Å². The lowest BCUT2D eigenvalue weighted by atomic mass is 10.1. The number of amidine groups is 1. The van der Waals surface area contributed by atoms with Crippen LogP contribution in [0.1, 0.15) is 19.4 Å². The van der Waals surface area contributed by atoms with Crippen molar-refractivity contribution in [2.75, 3.05) is 18.1 Å². The highest BCUT2D eigenvalue weighted by Crippen LogP contribution is 2.30. The van der Waals surface area contributed by atoms with Crippen LogP contribution in [0.25, 0.3) is 0 Å². The molecule has 0 bridgehead atoms. The van der Waals surface area contributed by atoms with Crippen LogP contribution in [0.4, 0.5) is 5.69 Å². The lowest BCUT2D eigenvalue weighted by Gasteiger charge is -2.39. The molecule has 0 saturated carbocycles. The molecule has 0 amide bonds. The molecule has 2 atom stereocenters. The van der Waals surface area contributed by atoms with Crippen molar-refractivity contribution in [3.05, 3.63) is 28.8 Å². The van der Waals surface area contributed by atoms with Gasteiger partial charge in [-0.25, -0.2) is 0 Å². The number of oxime groups is 1. The Balaban J connectivity index is 2.30. The SMILES string of the molecule is CC1CN(c2ccc(C(N)=NO)cc2Cl)C(C)CO1. The summed E-state index contributed by atoms with van der Waals surface area (Å²) in [7, 11) is 0. The van der Waals surface area contributed by atoms with Gasteiger partial charge < -0.3 is 20.6 Å². The molecular formula is C13H18ClN3O2. The molecule has 0 spiro atoms. The summed E-state index contributed by atoms with van der Waals surface area (Å²) >= 11 is 6.30. The molecule has 1 aliphatic heterocycles. The van der Waals surface area contributed by atoms with Gasteiger partial charge in [0.15, 0.2) is 5.84 Å². The Bertz CT molecular complexity index is 493. The number of rotatable bonds is 2. The number of benzene rings is 1. The minimum atomic E-state index is 0.0526. The predicted octanol–water partition coefficient (Wildman–Crippen LogP) is 2.05. The summed E-state index contributed by atoms with van der Waals surface area (Å²) in [6.07, 6.45) is 0.177. The summed E-state index contributed by atoms with van der Waals surface area (Å²) in [6, 6.07) is 5.66.